The third-order valence-electron chi connectivity index (χ3n) is 17.3. The van der Waals surface area contributed by atoms with Crippen molar-refractivity contribution in [2.75, 3.05) is 60.9 Å². The normalized spacial score (nSPS) is 16.0. The molecule has 0 saturated heterocycles. The second kappa shape index (κ2) is 65.4. The Bertz CT molecular complexity index is 4350. The van der Waals surface area contributed by atoms with E-state index in [0.29, 0.717) is 46.0 Å². The van der Waals surface area contributed by atoms with Crippen LogP contribution in [0.15, 0.2) is 65.6 Å². The third-order valence-corrected chi connectivity index (χ3v) is 34.1. The van der Waals surface area contributed by atoms with Gasteiger partial charge in [0.2, 0.25) is 0 Å². The number of thiophene rings is 2. The minimum Gasteiger partial charge on any atom is -0.403 e. The molecule has 0 bridgehead atoms. The molecule has 0 aliphatic rings. The van der Waals surface area contributed by atoms with Crippen LogP contribution in [0.5, 0.6) is 0 Å². The van der Waals surface area contributed by atoms with Crippen LogP contribution in [-0.2, 0) is 108 Å². The fourth-order valence-electron chi connectivity index (χ4n) is 9.41. The number of halogens is 7. The summed E-state index contributed by atoms with van der Waals surface area (Å²) in [6.07, 6.45) is 9.29. The van der Waals surface area contributed by atoms with Crippen molar-refractivity contribution in [1.29, 1.82) is 0 Å². The van der Waals surface area contributed by atoms with Crippen LogP contribution in [0.2, 0.25) is 0 Å². The monoisotopic (exact) mass is 2180 g/mol. The number of nitrogens with zero attached hydrogens (tertiary/aromatic N) is 12. The van der Waals surface area contributed by atoms with Gasteiger partial charge >= 0.3 is 79.8 Å². The first-order chi connectivity index (χ1) is 62.3. The molecule has 6 rings (SSSR count). The number of aromatic nitrogens is 6. The first-order valence-electron chi connectivity index (χ1n) is 41.2. The number of rotatable bonds is 61. The van der Waals surface area contributed by atoms with Crippen LogP contribution in [-0.4, -0.2) is 179 Å². The van der Waals surface area contributed by atoms with Crippen molar-refractivity contribution in [1.82, 2.24) is 89.7 Å². The molecule has 133 heavy (non-hydrogen) atoms. The van der Waals surface area contributed by atoms with Gasteiger partial charge < -0.3 is 48.3 Å². The van der Waals surface area contributed by atoms with Crippen molar-refractivity contribution >= 4 is 184 Å². The van der Waals surface area contributed by atoms with Gasteiger partial charge in [-0.25, -0.2) is 74.7 Å². The molecule has 762 valence electrons. The predicted octanol–water partition coefficient (Wildman–Crippen LogP) is 17.9. The highest BCUT2D eigenvalue weighted by Crippen LogP contribution is 2.46. The molecule has 0 aliphatic carbocycles. The van der Waals surface area contributed by atoms with E-state index in [4.69, 9.17) is 113 Å². The Morgan fingerprint density at radius 1 is 0.383 bits per heavy atom. The number of furan rings is 1. The topological polar surface area (TPSA) is 628 Å². The van der Waals surface area contributed by atoms with Gasteiger partial charge in [-0.15, -0.1) is 81.2 Å². The fourth-order valence-corrected chi connectivity index (χ4v) is 23.7. The maximum Gasteiger partial charge on any atom is 0.434 e. The molecule has 15 atom stereocenters. The van der Waals surface area contributed by atoms with Gasteiger partial charge in [0, 0.05) is 137 Å². The van der Waals surface area contributed by atoms with Gasteiger partial charge in [0.1, 0.15) is 66.7 Å². The Kier molecular flexibility index (Phi) is 62.2. The molecule has 0 spiro atoms. The molecule has 6 aromatic rings. The fraction of sp³-hybridized carbons (Fsp3) is 0.696. The summed E-state index contributed by atoms with van der Waals surface area (Å²) in [4.78, 5) is 73.1. The van der Waals surface area contributed by atoms with Crippen molar-refractivity contribution in [3.63, 3.8) is 0 Å². The van der Waals surface area contributed by atoms with Crippen LogP contribution in [0, 0.1) is 60.7 Å². The van der Waals surface area contributed by atoms with E-state index in [1.807, 2.05) is 69.2 Å². The first-order valence-corrected chi connectivity index (χ1v) is 56.3. The molecule has 64 heteroatoms. The van der Waals surface area contributed by atoms with Crippen LogP contribution >= 0.6 is 150 Å². The molecule has 5 unspecified atom stereocenters. The molecule has 0 fully saturated rings. The average Bonchev–Trinajstić information content (AvgIpc) is 1.77. The zero-order chi connectivity index (χ0) is 101. The predicted molar refractivity (Wildman–Crippen MR) is 520 cm³/mol. The van der Waals surface area contributed by atoms with Crippen LogP contribution < -0.4 is 61.0 Å². The lowest BCUT2D eigenvalue weighted by Gasteiger charge is -2.25. The molecular weight excluding hydrogens is 2060 g/mol. The van der Waals surface area contributed by atoms with Gasteiger partial charge in [0.05, 0.1) is 56.4 Å². The van der Waals surface area contributed by atoms with Crippen molar-refractivity contribution in [2.24, 2.45) is 14.1 Å². The standard InChI is InChI=1S/2C12H23ClN5O4P.C12H21ClN3O5P.2C12H21ClN3O4PS.C9H16Cl2N5O4P/c2*1-5-9(2)15-23(21,16-10(3)6-13)22-8-11-7-14-12(17(11)4)18(19)20;1-4-9(2)14-22(19,15-10(3)7-13)20-8-11-5-6-12(21-11)16(17)18;2*1-4-9(2)14-21(19,15-10(3)7-13)20-8-11-5-6-12(22-11)16(17)18;10-1-3-13-21(19,14-4-2-11)20-8-7-15-6-5-12-9(15)16(17)18/h2*7,9-10H,5-6,8H2,1-4H3,(H2,15,16,21);3*5-6,9-10H,4,7-8H2,1-3H3,(H2,14,15,19);5-6H,1-4,7-8H2,(H2,13,14,19)/t2*9-,10-,23?;9-,10-,22?;2*9-,10-,21?;/m10010./s1. The maximum absolute atomic E-state index is 12.9. The zero-order valence-electron chi connectivity index (χ0n) is 76.6. The summed E-state index contributed by atoms with van der Waals surface area (Å²) in [5.74, 6) is 0.873. The molecule has 0 radical (unpaired) electrons. The van der Waals surface area contributed by atoms with E-state index in [2.05, 4.69) is 76.0 Å². The highest BCUT2D eigenvalue weighted by Gasteiger charge is 2.35. The Morgan fingerprint density at radius 3 is 0.940 bits per heavy atom. The van der Waals surface area contributed by atoms with Crippen LogP contribution in [0.25, 0.3) is 0 Å². The summed E-state index contributed by atoms with van der Waals surface area (Å²) in [7, 11) is -16.9. The summed E-state index contributed by atoms with van der Waals surface area (Å²) < 4.78 is 118. The lowest BCUT2D eigenvalue weighted by molar-refractivity contribution is -0.402. The number of alkyl halides is 7. The van der Waals surface area contributed by atoms with Crippen molar-refractivity contribution in [3.05, 3.63) is 149 Å². The molecule has 12 N–H and O–H groups in total. The number of nitro groups is 6. The van der Waals surface area contributed by atoms with E-state index in [9.17, 15) is 88.1 Å². The van der Waals surface area contributed by atoms with E-state index in [0.717, 1.165) is 54.8 Å². The van der Waals surface area contributed by atoms with Crippen LogP contribution in [0.4, 0.5) is 33.7 Å². The molecule has 49 nitrogen and oxygen atoms in total. The highest BCUT2D eigenvalue weighted by molar-refractivity contribution is 7.56. The number of nitrogens with one attached hydrogen (secondary N) is 12. The van der Waals surface area contributed by atoms with Gasteiger partial charge in [0.25, 0.3) is 0 Å². The molecule has 0 aromatic carbocycles. The summed E-state index contributed by atoms with van der Waals surface area (Å²) in [5.41, 5.74) is 0.895. The second-order valence-electron chi connectivity index (χ2n) is 29.2. The second-order valence-corrected chi connectivity index (χ2v) is 45.2. The molecule has 0 aliphatic heterocycles. The molecule has 6 heterocycles. The minimum atomic E-state index is -3.36. The first kappa shape index (κ1) is 126. The summed E-state index contributed by atoms with van der Waals surface area (Å²) in [6, 6.07) is 7.49. The van der Waals surface area contributed by atoms with Gasteiger partial charge in [-0.05, 0) is 134 Å². The molecule has 6 aromatic heterocycles. The van der Waals surface area contributed by atoms with E-state index < -0.39 is 75.6 Å². The lowest BCUT2D eigenvalue weighted by atomic mass is 10.3. The van der Waals surface area contributed by atoms with Gasteiger partial charge in [-0.2, -0.15) is 0 Å². The average molecular weight is 2190 g/mol. The zero-order valence-corrected chi connectivity index (χ0v) is 88.9. The Hall–Kier alpha value is -4.60. The summed E-state index contributed by atoms with van der Waals surface area (Å²) in [6.45, 7) is 28.7. The third kappa shape index (κ3) is 50.4. The SMILES string of the molecule is CC[C@@H](C)NP(=O)(N[C@H](C)CCl)OCc1ccc([N+](=O)[O-])s1.CC[C@@H](C)NP(=O)(N[C@H](C)CCl)OCc1cnc([N+](=O)[O-])n1C.CC[C@H](C)NP(=O)(N[C@@H](C)CCl)OCc1ccc([N+](=O)[O-])o1.CC[C@H](C)NP(=O)(N[C@@H](C)CCl)OCc1ccc([N+](=O)[O-])s1.CC[C@H](C)NP(=O)(N[C@@H](C)CCl)OCc1cnc([N+](=O)[O-])n1C.O=[N+]([O-])c1nccn1CCOP(=O)(NCCCl)NCCCl. The van der Waals surface area contributed by atoms with Gasteiger partial charge in [0.15, 0.2) is 0 Å². The Morgan fingerprint density at radius 2 is 0.684 bits per heavy atom. The largest absolute Gasteiger partial charge is 0.434 e. The summed E-state index contributed by atoms with van der Waals surface area (Å²) in [5, 5.41) is 98.5. The minimum absolute atomic E-state index is 0.000943. The Balaban J connectivity index is 0.000000798. The van der Waals surface area contributed by atoms with Crippen LogP contribution in [0.1, 0.15) is 163 Å². The quantitative estimate of drug-likeness (QED) is 0.00730. The number of imidazole rings is 3. The van der Waals surface area contributed by atoms with E-state index >= 15 is 0 Å². The van der Waals surface area contributed by atoms with Crippen molar-refractivity contribution in [3.8, 4) is 0 Å². The summed E-state index contributed by atoms with van der Waals surface area (Å²) >= 11 is 41.8. The van der Waals surface area contributed by atoms with Crippen molar-refractivity contribution in [2.45, 2.75) is 236 Å². The number of hydrogen-bond donors (Lipinski definition) is 12. The van der Waals surface area contributed by atoms with E-state index in [-0.39, 0.29) is 175 Å². The lowest BCUT2D eigenvalue weighted by Crippen LogP contribution is -2.35. The van der Waals surface area contributed by atoms with Crippen molar-refractivity contribution < 1.29 is 88.5 Å². The maximum atomic E-state index is 12.9. The number of hydrogen-bond acceptors (Lipinski definition) is 30. The molecular formula is C69H125Cl7N24O25P6S2. The highest BCUT2D eigenvalue weighted by atomic mass is 35.5. The van der Waals surface area contributed by atoms with Crippen LogP contribution in [0.3, 0.4) is 0 Å². The Labute approximate surface area is 816 Å². The molecule has 0 saturated carbocycles. The molecule has 0 amide bonds. The van der Waals surface area contributed by atoms with Gasteiger partial charge in [-0.1, -0.05) is 72.2 Å². The van der Waals surface area contributed by atoms with Gasteiger partial charge in [-0.3, -0.25) is 71.3 Å². The smallest absolute Gasteiger partial charge is 0.403 e. The van der Waals surface area contributed by atoms with E-state index in [1.54, 1.807) is 46.8 Å². The van der Waals surface area contributed by atoms with E-state index in [1.165, 1.54) is 76.8 Å².